The van der Waals surface area contributed by atoms with Gasteiger partial charge in [0.05, 0.1) is 0 Å². The topological polar surface area (TPSA) is 24.4 Å². The summed E-state index contributed by atoms with van der Waals surface area (Å²) in [5.41, 5.74) is 2.64. The molecule has 0 amide bonds. The molecule has 0 atom stereocenters. The van der Waals surface area contributed by atoms with Crippen molar-refractivity contribution in [2.24, 2.45) is 4.99 Å². The van der Waals surface area contributed by atoms with Gasteiger partial charge in [-0.3, -0.25) is 0 Å². The Bertz CT molecular complexity index is 354. The number of nitrogens with one attached hydrogen (secondary N) is 1. The van der Waals surface area contributed by atoms with Crippen molar-refractivity contribution in [3.05, 3.63) is 16.0 Å². The highest BCUT2D eigenvalue weighted by Crippen LogP contribution is 2.36. The normalized spacial score (nSPS) is 15.1. The average molecular weight is 201 g/mol. The Balaban J connectivity index is 2.58. The van der Waals surface area contributed by atoms with Gasteiger partial charge in [-0.2, -0.15) is 0 Å². The fourth-order valence-electron chi connectivity index (χ4n) is 1.24. The minimum atomic E-state index is 0.503. The number of fused-ring (bicyclic) bond motifs is 1. The number of nitrogens with zero attached hydrogens (tertiary/aromatic N) is 1. The number of rotatable bonds is 0. The van der Waals surface area contributed by atoms with Crippen LogP contribution in [0, 0.1) is 13.8 Å². The maximum absolute atomic E-state index is 5.75. The summed E-state index contributed by atoms with van der Waals surface area (Å²) in [5.74, 6) is 0. The first-order chi connectivity index (χ1) is 5.68. The molecule has 0 aliphatic carbocycles. The molecule has 2 rings (SSSR count). The fraction of sp³-hybridized carbons (Fsp3) is 0.375. The lowest BCUT2D eigenvalue weighted by Crippen LogP contribution is -2.20. The number of hydrogen-bond donors (Lipinski definition) is 1. The molecule has 0 unspecified atom stereocenters. The second-order valence-corrected chi connectivity index (χ2v) is 4.38. The number of amidine groups is 1. The third-order valence-electron chi connectivity index (χ3n) is 2.10. The predicted octanol–water partition coefficient (Wildman–Crippen LogP) is 2.69. The summed E-state index contributed by atoms with van der Waals surface area (Å²) >= 11 is 7.46. The Morgan fingerprint density at radius 3 is 3.00 bits per heavy atom. The monoisotopic (exact) mass is 200 g/mol. The van der Waals surface area contributed by atoms with Crippen LogP contribution in [-0.2, 0) is 6.54 Å². The van der Waals surface area contributed by atoms with Gasteiger partial charge in [0.2, 0.25) is 0 Å². The number of aryl methyl sites for hydroxylation is 1. The lowest BCUT2D eigenvalue weighted by atomic mass is 10.1. The zero-order valence-electron chi connectivity index (χ0n) is 6.94. The maximum Gasteiger partial charge on any atom is 0.197 e. The zero-order valence-corrected chi connectivity index (χ0v) is 8.51. The lowest BCUT2D eigenvalue weighted by Gasteiger charge is -2.10. The van der Waals surface area contributed by atoms with Crippen LogP contribution in [0.1, 0.15) is 16.0 Å². The third-order valence-corrected chi connectivity index (χ3v) is 3.46. The Hall–Kier alpha value is -0.540. The van der Waals surface area contributed by atoms with Gasteiger partial charge in [0.1, 0.15) is 5.00 Å². The van der Waals surface area contributed by atoms with E-state index in [2.05, 4.69) is 24.2 Å². The molecule has 64 valence electrons. The minimum Gasteiger partial charge on any atom is -0.356 e. The molecule has 1 aliphatic rings. The first-order valence-electron chi connectivity index (χ1n) is 3.75. The molecule has 0 saturated heterocycles. The molecule has 1 aliphatic heterocycles. The molecule has 0 saturated carbocycles. The molecule has 2 heterocycles. The van der Waals surface area contributed by atoms with Gasteiger partial charge >= 0.3 is 0 Å². The lowest BCUT2D eigenvalue weighted by molar-refractivity contribution is 0.903. The molecule has 0 bridgehead atoms. The van der Waals surface area contributed by atoms with E-state index in [1.807, 2.05) is 0 Å². The van der Waals surface area contributed by atoms with E-state index in [-0.39, 0.29) is 0 Å². The second kappa shape index (κ2) is 2.75. The van der Waals surface area contributed by atoms with Crippen LogP contribution in [0.15, 0.2) is 4.99 Å². The van der Waals surface area contributed by atoms with Crippen molar-refractivity contribution in [3.63, 3.8) is 0 Å². The van der Waals surface area contributed by atoms with Gasteiger partial charge in [-0.15, -0.1) is 11.3 Å². The van der Waals surface area contributed by atoms with E-state index in [0.717, 1.165) is 11.5 Å². The van der Waals surface area contributed by atoms with Crippen molar-refractivity contribution in [3.8, 4) is 0 Å². The highest BCUT2D eigenvalue weighted by atomic mass is 35.5. The maximum atomic E-state index is 5.75. The van der Waals surface area contributed by atoms with Crippen molar-refractivity contribution < 1.29 is 0 Å². The molecule has 0 aromatic carbocycles. The number of thiophene rings is 1. The fourth-order valence-corrected chi connectivity index (χ4v) is 2.50. The van der Waals surface area contributed by atoms with Gasteiger partial charge in [0.15, 0.2) is 5.29 Å². The molecule has 1 N–H and O–H groups in total. The van der Waals surface area contributed by atoms with Gasteiger partial charge in [0, 0.05) is 17.0 Å². The SMILES string of the molecule is Cc1sc2c(c1C)CNC(Cl)=N2. The molecular formula is C8H9ClN2S. The van der Waals surface area contributed by atoms with Gasteiger partial charge < -0.3 is 5.32 Å². The summed E-state index contributed by atoms with van der Waals surface area (Å²) < 4.78 is 0. The number of halogens is 1. The molecule has 0 radical (unpaired) electrons. The van der Waals surface area contributed by atoms with Gasteiger partial charge in [-0.05, 0) is 31.0 Å². The summed E-state index contributed by atoms with van der Waals surface area (Å²) in [5, 5.41) is 4.58. The van der Waals surface area contributed by atoms with E-state index in [1.165, 1.54) is 16.0 Å². The highest BCUT2D eigenvalue weighted by molar-refractivity contribution is 7.16. The van der Waals surface area contributed by atoms with E-state index < -0.39 is 0 Å². The van der Waals surface area contributed by atoms with Gasteiger partial charge in [0.25, 0.3) is 0 Å². The van der Waals surface area contributed by atoms with Crippen LogP contribution >= 0.6 is 22.9 Å². The van der Waals surface area contributed by atoms with Crippen LogP contribution in [0.5, 0.6) is 0 Å². The predicted molar refractivity (Wildman–Crippen MR) is 53.6 cm³/mol. The summed E-state index contributed by atoms with van der Waals surface area (Å²) in [6, 6.07) is 0. The van der Waals surface area contributed by atoms with E-state index in [0.29, 0.717) is 5.29 Å². The largest absolute Gasteiger partial charge is 0.356 e. The van der Waals surface area contributed by atoms with Crippen molar-refractivity contribution in [1.82, 2.24) is 5.32 Å². The summed E-state index contributed by atoms with van der Waals surface area (Å²) in [6.07, 6.45) is 0. The first-order valence-corrected chi connectivity index (χ1v) is 4.95. The smallest absolute Gasteiger partial charge is 0.197 e. The van der Waals surface area contributed by atoms with Gasteiger partial charge in [-0.1, -0.05) is 0 Å². The van der Waals surface area contributed by atoms with Gasteiger partial charge in [-0.25, -0.2) is 4.99 Å². The Morgan fingerprint density at radius 1 is 1.50 bits per heavy atom. The summed E-state index contributed by atoms with van der Waals surface area (Å²) in [4.78, 5) is 5.55. The molecular weight excluding hydrogens is 192 g/mol. The van der Waals surface area contributed by atoms with Crippen LogP contribution in [0.3, 0.4) is 0 Å². The first kappa shape index (κ1) is 8.08. The molecule has 12 heavy (non-hydrogen) atoms. The average Bonchev–Trinajstić information content (AvgIpc) is 2.28. The standard InChI is InChI=1S/C8H9ClN2S/c1-4-5(2)12-7-6(4)3-10-8(9)11-7/h3H2,1-2H3,(H,10,11). The third kappa shape index (κ3) is 1.13. The van der Waals surface area contributed by atoms with Crippen LogP contribution in [0.25, 0.3) is 0 Å². The Kier molecular flexibility index (Phi) is 1.85. The van der Waals surface area contributed by atoms with Crippen LogP contribution < -0.4 is 5.32 Å². The Labute approximate surface area is 80.3 Å². The summed E-state index contributed by atoms with van der Waals surface area (Å²) in [7, 11) is 0. The second-order valence-electron chi connectivity index (χ2n) is 2.82. The van der Waals surface area contributed by atoms with E-state index in [4.69, 9.17) is 11.6 Å². The zero-order chi connectivity index (χ0) is 8.72. The van der Waals surface area contributed by atoms with E-state index >= 15 is 0 Å². The van der Waals surface area contributed by atoms with Crippen LogP contribution in [0.4, 0.5) is 5.00 Å². The van der Waals surface area contributed by atoms with Crippen LogP contribution in [0.2, 0.25) is 0 Å². The Morgan fingerprint density at radius 2 is 2.25 bits per heavy atom. The van der Waals surface area contributed by atoms with Crippen LogP contribution in [-0.4, -0.2) is 5.29 Å². The number of hydrogen-bond acceptors (Lipinski definition) is 3. The van der Waals surface area contributed by atoms with E-state index in [9.17, 15) is 0 Å². The molecule has 4 heteroatoms. The molecule has 1 aromatic heterocycles. The summed E-state index contributed by atoms with van der Waals surface area (Å²) in [6.45, 7) is 5.05. The number of aliphatic imine (C=N–C) groups is 1. The van der Waals surface area contributed by atoms with Crippen molar-refractivity contribution in [1.29, 1.82) is 0 Å². The molecule has 0 fully saturated rings. The molecule has 2 nitrogen and oxygen atoms in total. The highest BCUT2D eigenvalue weighted by Gasteiger charge is 2.15. The van der Waals surface area contributed by atoms with Crippen molar-refractivity contribution >= 4 is 33.2 Å². The minimum absolute atomic E-state index is 0.503. The molecule has 1 aromatic rings. The van der Waals surface area contributed by atoms with Crippen molar-refractivity contribution in [2.75, 3.05) is 0 Å². The quantitative estimate of drug-likeness (QED) is 0.640. The van der Waals surface area contributed by atoms with E-state index in [1.54, 1.807) is 11.3 Å². The van der Waals surface area contributed by atoms with Crippen molar-refractivity contribution in [2.45, 2.75) is 20.4 Å². The molecule has 0 spiro atoms.